The zero-order chi connectivity index (χ0) is 9.97. The van der Waals surface area contributed by atoms with E-state index < -0.39 is 0 Å². The molecule has 0 aliphatic carbocycles. The Labute approximate surface area is 89.3 Å². The Balaban J connectivity index is 2.44. The van der Waals surface area contributed by atoms with Gasteiger partial charge in [-0.15, -0.1) is 10.2 Å². The topological polar surface area (TPSA) is 64.9 Å². The molecule has 0 amide bonds. The van der Waals surface area contributed by atoms with Crippen LogP contribution in [-0.2, 0) is 6.54 Å². The van der Waals surface area contributed by atoms with Gasteiger partial charge in [0, 0.05) is 4.47 Å². The lowest BCUT2D eigenvalue weighted by molar-refractivity contribution is 0.508. The quantitative estimate of drug-likeness (QED) is 0.889. The first kappa shape index (κ1) is 9.36. The summed E-state index contributed by atoms with van der Waals surface area (Å²) in [6, 6.07) is 7.65. The number of hydrogen-bond acceptors (Lipinski definition) is 4. The van der Waals surface area contributed by atoms with Gasteiger partial charge in [-0.25, -0.2) is 0 Å². The maximum atomic E-state index is 5.37. The van der Waals surface area contributed by atoms with Crippen LogP contribution in [0, 0.1) is 0 Å². The predicted octanol–water partition coefficient (Wildman–Crippen LogP) is 1.96. The second-order valence-electron chi connectivity index (χ2n) is 2.68. The third kappa shape index (κ3) is 1.69. The average molecular weight is 254 g/mol. The smallest absolute Gasteiger partial charge is 0.248 e. The van der Waals surface area contributed by atoms with Crippen LogP contribution in [0.4, 0.5) is 0 Å². The van der Waals surface area contributed by atoms with Gasteiger partial charge in [0.2, 0.25) is 11.8 Å². The molecular weight excluding hydrogens is 246 g/mol. The Morgan fingerprint density at radius 2 is 2.07 bits per heavy atom. The van der Waals surface area contributed by atoms with Gasteiger partial charge in [0.05, 0.1) is 12.1 Å². The van der Waals surface area contributed by atoms with Crippen molar-refractivity contribution in [1.82, 2.24) is 10.2 Å². The molecule has 1 aromatic carbocycles. The van der Waals surface area contributed by atoms with Gasteiger partial charge in [-0.2, -0.15) is 0 Å². The molecule has 0 radical (unpaired) electrons. The third-order valence-corrected chi connectivity index (χ3v) is 2.44. The highest BCUT2D eigenvalue weighted by Crippen LogP contribution is 2.26. The van der Waals surface area contributed by atoms with E-state index in [-0.39, 0.29) is 6.54 Å². The largest absolute Gasteiger partial charge is 0.419 e. The summed E-state index contributed by atoms with van der Waals surface area (Å²) in [6.45, 7) is 0.261. The Bertz CT molecular complexity index is 441. The molecule has 0 bridgehead atoms. The molecule has 1 aromatic heterocycles. The minimum Gasteiger partial charge on any atom is -0.419 e. The standard InChI is InChI=1S/C9H8BrN3O/c10-7-4-2-1-3-6(7)9-13-12-8(5-11)14-9/h1-4H,5,11H2. The van der Waals surface area contributed by atoms with Gasteiger partial charge in [0.1, 0.15) is 0 Å². The molecule has 0 fully saturated rings. The summed E-state index contributed by atoms with van der Waals surface area (Å²) in [6.07, 6.45) is 0. The summed E-state index contributed by atoms with van der Waals surface area (Å²) >= 11 is 3.41. The zero-order valence-corrected chi connectivity index (χ0v) is 8.86. The van der Waals surface area contributed by atoms with Crippen molar-refractivity contribution in [2.75, 3.05) is 0 Å². The van der Waals surface area contributed by atoms with Crippen LogP contribution >= 0.6 is 15.9 Å². The molecule has 0 spiro atoms. The fourth-order valence-corrected chi connectivity index (χ4v) is 1.53. The van der Waals surface area contributed by atoms with Gasteiger partial charge < -0.3 is 10.2 Å². The Kier molecular flexibility index (Phi) is 2.60. The molecule has 0 aliphatic heterocycles. The number of rotatable bonds is 2. The van der Waals surface area contributed by atoms with Crippen molar-refractivity contribution >= 4 is 15.9 Å². The minimum atomic E-state index is 0.261. The molecular formula is C9H8BrN3O. The second kappa shape index (κ2) is 3.89. The van der Waals surface area contributed by atoms with Crippen LogP contribution in [0.2, 0.25) is 0 Å². The van der Waals surface area contributed by atoms with Crippen LogP contribution in [0.1, 0.15) is 5.89 Å². The van der Waals surface area contributed by atoms with Gasteiger partial charge in [-0.05, 0) is 28.1 Å². The van der Waals surface area contributed by atoms with Crippen LogP contribution in [0.5, 0.6) is 0 Å². The van der Waals surface area contributed by atoms with Gasteiger partial charge >= 0.3 is 0 Å². The number of nitrogens with two attached hydrogens (primary N) is 1. The summed E-state index contributed by atoms with van der Waals surface area (Å²) in [4.78, 5) is 0. The summed E-state index contributed by atoms with van der Waals surface area (Å²) in [5.41, 5.74) is 6.25. The number of nitrogens with zero attached hydrogens (tertiary/aromatic N) is 2. The number of halogens is 1. The summed E-state index contributed by atoms with van der Waals surface area (Å²) in [5, 5.41) is 7.68. The lowest BCUT2D eigenvalue weighted by Gasteiger charge is -1.96. The van der Waals surface area contributed by atoms with Crippen molar-refractivity contribution in [3.05, 3.63) is 34.6 Å². The Morgan fingerprint density at radius 1 is 1.29 bits per heavy atom. The van der Waals surface area contributed by atoms with Gasteiger partial charge in [-0.3, -0.25) is 0 Å². The van der Waals surface area contributed by atoms with E-state index in [2.05, 4.69) is 26.1 Å². The van der Waals surface area contributed by atoms with E-state index in [1.54, 1.807) is 0 Å². The van der Waals surface area contributed by atoms with Crippen LogP contribution in [-0.4, -0.2) is 10.2 Å². The molecule has 0 unspecified atom stereocenters. The fraction of sp³-hybridized carbons (Fsp3) is 0.111. The molecule has 2 aromatic rings. The second-order valence-corrected chi connectivity index (χ2v) is 3.54. The van der Waals surface area contributed by atoms with E-state index >= 15 is 0 Å². The maximum absolute atomic E-state index is 5.37. The van der Waals surface area contributed by atoms with Crippen LogP contribution in [0.3, 0.4) is 0 Å². The van der Waals surface area contributed by atoms with Crippen molar-refractivity contribution in [2.45, 2.75) is 6.54 Å². The van der Waals surface area contributed by atoms with Crippen molar-refractivity contribution in [3.8, 4) is 11.5 Å². The van der Waals surface area contributed by atoms with E-state index in [0.717, 1.165) is 10.0 Å². The lowest BCUT2D eigenvalue weighted by atomic mass is 10.2. The van der Waals surface area contributed by atoms with E-state index in [1.807, 2.05) is 24.3 Å². The molecule has 72 valence electrons. The molecule has 2 rings (SSSR count). The van der Waals surface area contributed by atoms with Gasteiger partial charge in [0.25, 0.3) is 0 Å². The molecule has 14 heavy (non-hydrogen) atoms. The van der Waals surface area contributed by atoms with Crippen LogP contribution in [0.15, 0.2) is 33.2 Å². The first-order valence-corrected chi connectivity index (χ1v) is 4.88. The van der Waals surface area contributed by atoms with E-state index in [4.69, 9.17) is 10.2 Å². The zero-order valence-electron chi connectivity index (χ0n) is 7.27. The minimum absolute atomic E-state index is 0.261. The predicted molar refractivity (Wildman–Crippen MR) is 55.3 cm³/mol. The highest BCUT2D eigenvalue weighted by molar-refractivity contribution is 9.10. The number of aromatic nitrogens is 2. The van der Waals surface area contributed by atoms with Crippen LogP contribution < -0.4 is 5.73 Å². The normalized spacial score (nSPS) is 10.4. The van der Waals surface area contributed by atoms with E-state index in [9.17, 15) is 0 Å². The Morgan fingerprint density at radius 3 is 2.71 bits per heavy atom. The first-order valence-electron chi connectivity index (χ1n) is 4.08. The highest BCUT2D eigenvalue weighted by atomic mass is 79.9. The highest BCUT2D eigenvalue weighted by Gasteiger charge is 2.09. The number of hydrogen-bond donors (Lipinski definition) is 1. The summed E-state index contributed by atoms with van der Waals surface area (Å²) in [7, 11) is 0. The number of benzene rings is 1. The van der Waals surface area contributed by atoms with Gasteiger partial charge in [0.15, 0.2) is 0 Å². The van der Waals surface area contributed by atoms with Crippen molar-refractivity contribution in [3.63, 3.8) is 0 Å². The lowest BCUT2D eigenvalue weighted by Crippen LogP contribution is -1.95. The molecule has 4 nitrogen and oxygen atoms in total. The van der Waals surface area contributed by atoms with Crippen molar-refractivity contribution < 1.29 is 4.42 Å². The SMILES string of the molecule is NCc1nnc(-c2ccccc2Br)o1. The monoisotopic (exact) mass is 253 g/mol. The molecule has 2 N–H and O–H groups in total. The fourth-order valence-electron chi connectivity index (χ4n) is 1.08. The van der Waals surface area contributed by atoms with Crippen molar-refractivity contribution in [2.24, 2.45) is 5.73 Å². The van der Waals surface area contributed by atoms with Gasteiger partial charge in [-0.1, -0.05) is 12.1 Å². The molecule has 5 heteroatoms. The first-order chi connectivity index (χ1) is 6.81. The summed E-state index contributed by atoms with van der Waals surface area (Å²) in [5.74, 6) is 0.925. The van der Waals surface area contributed by atoms with Crippen molar-refractivity contribution in [1.29, 1.82) is 0 Å². The third-order valence-electron chi connectivity index (χ3n) is 1.75. The maximum Gasteiger partial charge on any atom is 0.248 e. The van der Waals surface area contributed by atoms with E-state index in [1.165, 1.54) is 0 Å². The van der Waals surface area contributed by atoms with Crippen LogP contribution in [0.25, 0.3) is 11.5 Å². The molecule has 0 atom stereocenters. The summed E-state index contributed by atoms with van der Waals surface area (Å²) < 4.78 is 6.25. The average Bonchev–Trinajstić information content (AvgIpc) is 2.67. The molecule has 0 aliphatic rings. The molecule has 0 saturated carbocycles. The molecule has 0 saturated heterocycles. The molecule has 1 heterocycles. The Hall–Kier alpha value is -1.20. The van der Waals surface area contributed by atoms with E-state index in [0.29, 0.717) is 11.8 Å².